The fourth-order valence-corrected chi connectivity index (χ4v) is 1.48. The van der Waals surface area contributed by atoms with Gasteiger partial charge < -0.3 is 14.2 Å². The summed E-state index contributed by atoms with van der Waals surface area (Å²) in [4.78, 5) is 0. The van der Waals surface area contributed by atoms with E-state index in [2.05, 4.69) is 6.92 Å². The van der Waals surface area contributed by atoms with Gasteiger partial charge in [-0.15, -0.1) is 0 Å². The second-order valence-electron chi connectivity index (χ2n) is 3.74. The van der Waals surface area contributed by atoms with E-state index in [4.69, 9.17) is 14.2 Å². The molecule has 1 saturated heterocycles. The minimum absolute atomic E-state index is 0.304. The van der Waals surface area contributed by atoms with Crippen LogP contribution in [0, 0.1) is 0 Å². The van der Waals surface area contributed by atoms with Crippen LogP contribution in [-0.4, -0.2) is 32.7 Å². The number of ether oxygens (including phenoxy) is 3. The lowest BCUT2D eigenvalue weighted by Crippen LogP contribution is -2.24. The molecular weight excluding hydrogens is 180 g/mol. The highest BCUT2D eigenvalue weighted by molar-refractivity contribution is 4.61. The highest BCUT2D eigenvalue weighted by atomic mass is 16.7. The molecule has 3 nitrogen and oxygen atoms in total. The molecule has 0 aromatic carbocycles. The van der Waals surface area contributed by atoms with Crippen molar-refractivity contribution < 1.29 is 14.2 Å². The summed E-state index contributed by atoms with van der Waals surface area (Å²) in [7, 11) is 0. The van der Waals surface area contributed by atoms with Crippen molar-refractivity contribution in [2.24, 2.45) is 0 Å². The van der Waals surface area contributed by atoms with Gasteiger partial charge in [0, 0.05) is 13.2 Å². The van der Waals surface area contributed by atoms with Crippen LogP contribution >= 0.6 is 0 Å². The van der Waals surface area contributed by atoms with Crippen LogP contribution in [0.15, 0.2) is 0 Å². The Kier molecular flexibility index (Phi) is 7.01. The highest BCUT2D eigenvalue weighted by Crippen LogP contribution is 2.12. The van der Waals surface area contributed by atoms with Gasteiger partial charge >= 0.3 is 0 Å². The molecule has 3 heteroatoms. The van der Waals surface area contributed by atoms with Crippen molar-refractivity contribution in [2.45, 2.75) is 45.1 Å². The van der Waals surface area contributed by atoms with Gasteiger partial charge in [0.1, 0.15) is 6.79 Å². The zero-order chi connectivity index (χ0) is 10.1. The monoisotopic (exact) mass is 202 g/mol. The first-order valence-corrected chi connectivity index (χ1v) is 5.70. The summed E-state index contributed by atoms with van der Waals surface area (Å²) in [5.41, 5.74) is 0. The zero-order valence-corrected chi connectivity index (χ0v) is 9.17. The van der Waals surface area contributed by atoms with Crippen molar-refractivity contribution in [3.8, 4) is 0 Å². The molecule has 14 heavy (non-hydrogen) atoms. The molecule has 0 aromatic heterocycles. The molecule has 0 spiro atoms. The number of rotatable bonds is 7. The number of hydrogen-bond donors (Lipinski definition) is 0. The first-order valence-electron chi connectivity index (χ1n) is 5.70. The molecule has 0 saturated carbocycles. The SMILES string of the molecule is CCCCOCOCC1CCCCO1. The fraction of sp³-hybridized carbons (Fsp3) is 1.00. The summed E-state index contributed by atoms with van der Waals surface area (Å²) >= 11 is 0. The summed E-state index contributed by atoms with van der Waals surface area (Å²) in [6, 6.07) is 0. The van der Waals surface area contributed by atoms with Gasteiger partial charge in [-0.25, -0.2) is 0 Å². The second-order valence-corrected chi connectivity index (χ2v) is 3.74. The number of unbranched alkanes of at least 4 members (excludes halogenated alkanes) is 1. The standard InChI is InChI=1S/C11H22O3/c1-2-3-7-12-10-13-9-11-6-4-5-8-14-11/h11H,2-10H2,1H3. The molecule has 1 heterocycles. The highest BCUT2D eigenvalue weighted by Gasteiger charge is 2.13. The first kappa shape index (κ1) is 12.0. The van der Waals surface area contributed by atoms with Gasteiger partial charge in [0.15, 0.2) is 0 Å². The van der Waals surface area contributed by atoms with Gasteiger partial charge in [-0.1, -0.05) is 13.3 Å². The third-order valence-electron chi connectivity index (χ3n) is 2.39. The van der Waals surface area contributed by atoms with Crippen molar-refractivity contribution in [1.29, 1.82) is 0 Å². The van der Waals surface area contributed by atoms with Crippen LogP contribution in [-0.2, 0) is 14.2 Å². The van der Waals surface area contributed by atoms with Gasteiger partial charge in [0.25, 0.3) is 0 Å². The molecule has 1 aliphatic heterocycles. The van der Waals surface area contributed by atoms with Crippen LogP contribution < -0.4 is 0 Å². The Morgan fingerprint density at radius 1 is 1.29 bits per heavy atom. The molecule has 1 atom stereocenters. The normalized spacial score (nSPS) is 22.5. The smallest absolute Gasteiger partial charge is 0.146 e. The van der Waals surface area contributed by atoms with E-state index in [1.807, 2.05) is 0 Å². The summed E-state index contributed by atoms with van der Waals surface area (Å²) in [5.74, 6) is 0. The summed E-state index contributed by atoms with van der Waals surface area (Å²) in [5, 5.41) is 0. The molecule has 0 aliphatic carbocycles. The van der Waals surface area contributed by atoms with E-state index in [1.165, 1.54) is 19.3 Å². The topological polar surface area (TPSA) is 27.7 Å². The van der Waals surface area contributed by atoms with Crippen molar-refractivity contribution in [3.63, 3.8) is 0 Å². The quantitative estimate of drug-likeness (QED) is 0.468. The van der Waals surface area contributed by atoms with Crippen LogP contribution in [0.4, 0.5) is 0 Å². The Bertz CT molecular complexity index is 122. The lowest BCUT2D eigenvalue weighted by atomic mass is 10.1. The Hall–Kier alpha value is -0.120. The van der Waals surface area contributed by atoms with E-state index >= 15 is 0 Å². The average Bonchev–Trinajstić information content (AvgIpc) is 2.25. The Balaban J connectivity index is 1.82. The third-order valence-corrected chi connectivity index (χ3v) is 2.39. The van der Waals surface area contributed by atoms with Crippen LogP contribution in [0.1, 0.15) is 39.0 Å². The van der Waals surface area contributed by atoms with E-state index in [9.17, 15) is 0 Å². The lowest BCUT2D eigenvalue weighted by Gasteiger charge is -2.22. The predicted octanol–water partition coefficient (Wildman–Crippen LogP) is 2.35. The van der Waals surface area contributed by atoms with E-state index in [0.717, 1.165) is 26.1 Å². The maximum absolute atomic E-state index is 5.53. The van der Waals surface area contributed by atoms with Gasteiger partial charge in [0.2, 0.25) is 0 Å². The van der Waals surface area contributed by atoms with Gasteiger partial charge in [-0.2, -0.15) is 0 Å². The van der Waals surface area contributed by atoms with Gasteiger partial charge in [0.05, 0.1) is 12.7 Å². The molecule has 0 amide bonds. The molecule has 0 aromatic rings. The van der Waals surface area contributed by atoms with Gasteiger partial charge in [-0.05, 0) is 25.7 Å². The lowest BCUT2D eigenvalue weighted by molar-refractivity contribution is -0.102. The summed E-state index contributed by atoms with van der Waals surface area (Å²) in [6.07, 6.45) is 6.19. The Morgan fingerprint density at radius 3 is 2.93 bits per heavy atom. The van der Waals surface area contributed by atoms with E-state index in [-0.39, 0.29) is 0 Å². The molecule has 0 N–H and O–H groups in total. The average molecular weight is 202 g/mol. The molecule has 1 unspecified atom stereocenters. The summed E-state index contributed by atoms with van der Waals surface area (Å²) in [6.45, 7) is 4.96. The molecule has 84 valence electrons. The summed E-state index contributed by atoms with van der Waals surface area (Å²) < 4.78 is 16.2. The molecule has 0 bridgehead atoms. The van der Waals surface area contributed by atoms with Crippen LogP contribution in [0.25, 0.3) is 0 Å². The zero-order valence-electron chi connectivity index (χ0n) is 9.17. The first-order chi connectivity index (χ1) is 6.93. The molecular formula is C11H22O3. The second kappa shape index (κ2) is 8.21. The van der Waals surface area contributed by atoms with Crippen molar-refractivity contribution in [3.05, 3.63) is 0 Å². The minimum Gasteiger partial charge on any atom is -0.376 e. The Morgan fingerprint density at radius 2 is 2.21 bits per heavy atom. The molecule has 0 radical (unpaired) electrons. The maximum atomic E-state index is 5.53. The minimum atomic E-state index is 0.304. The van der Waals surface area contributed by atoms with Crippen LogP contribution in [0.5, 0.6) is 0 Å². The predicted molar refractivity (Wildman–Crippen MR) is 55.3 cm³/mol. The fourth-order valence-electron chi connectivity index (χ4n) is 1.48. The van der Waals surface area contributed by atoms with Crippen LogP contribution in [0.2, 0.25) is 0 Å². The molecule has 1 aliphatic rings. The third kappa shape index (κ3) is 5.58. The molecule has 1 rings (SSSR count). The van der Waals surface area contributed by atoms with E-state index in [1.54, 1.807) is 0 Å². The molecule has 1 fully saturated rings. The largest absolute Gasteiger partial charge is 0.376 e. The van der Waals surface area contributed by atoms with E-state index in [0.29, 0.717) is 19.5 Å². The Labute approximate surface area is 86.7 Å². The van der Waals surface area contributed by atoms with Crippen molar-refractivity contribution in [1.82, 2.24) is 0 Å². The van der Waals surface area contributed by atoms with Crippen LogP contribution in [0.3, 0.4) is 0 Å². The van der Waals surface area contributed by atoms with E-state index < -0.39 is 0 Å². The van der Waals surface area contributed by atoms with Gasteiger partial charge in [-0.3, -0.25) is 0 Å². The number of hydrogen-bond acceptors (Lipinski definition) is 3. The van der Waals surface area contributed by atoms with Crippen molar-refractivity contribution >= 4 is 0 Å². The maximum Gasteiger partial charge on any atom is 0.146 e. The van der Waals surface area contributed by atoms with Crippen molar-refractivity contribution in [2.75, 3.05) is 26.6 Å².